The van der Waals surface area contributed by atoms with Crippen molar-refractivity contribution in [1.29, 1.82) is 0 Å². The molecule has 0 saturated carbocycles. The molecule has 1 amide bonds. The van der Waals surface area contributed by atoms with Crippen molar-refractivity contribution in [2.75, 3.05) is 0 Å². The Morgan fingerprint density at radius 1 is 1.73 bits per heavy atom. The lowest BCUT2D eigenvalue weighted by atomic mass is 10.3. The molecule has 1 fully saturated rings. The van der Waals surface area contributed by atoms with E-state index in [1.165, 1.54) is 0 Å². The summed E-state index contributed by atoms with van der Waals surface area (Å²) in [5.41, 5.74) is 0.964. The molecule has 0 aromatic rings. The van der Waals surface area contributed by atoms with E-state index in [2.05, 4.69) is 29.2 Å². The van der Waals surface area contributed by atoms with Gasteiger partial charge in [-0.25, -0.2) is 0 Å². The molecule has 0 aliphatic carbocycles. The predicted molar refractivity (Wildman–Crippen MR) is 53.5 cm³/mol. The van der Waals surface area contributed by atoms with E-state index >= 15 is 0 Å². The molecular formula is C8H12INO. The summed E-state index contributed by atoms with van der Waals surface area (Å²) in [6, 6.07) is 0.259. The summed E-state index contributed by atoms with van der Waals surface area (Å²) in [7, 11) is 0. The van der Waals surface area contributed by atoms with E-state index in [1.54, 1.807) is 4.90 Å². The van der Waals surface area contributed by atoms with E-state index in [1.807, 2.05) is 13.8 Å². The van der Waals surface area contributed by atoms with Gasteiger partial charge < -0.3 is 4.90 Å². The summed E-state index contributed by atoms with van der Waals surface area (Å²) in [6.07, 6.45) is 0.623. The highest BCUT2D eigenvalue weighted by Gasteiger charge is 2.32. The van der Waals surface area contributed by atoms with E-state index in [4.69, 9.17) is 0 Å². The number of carbonyl (C=O) groups is 1. The summed E-state index contributed by atoms with van der Waals surface area (Å²) in [5, 5.41) is 0. The zero-order valence-corrected chi connectivity index (χ0v) is 8.96. The SMILES string of the molecule is C=C1C(I)CC(=O)N1C(C)C. The molecule has 0 aromatic heterocycles. The number of rotatable bonds is 1. The molecule has 1 atom stereocenters. The third-order valence-corrected chi connectivity index (χ3v) is 2.97. The van der Waals surface area contributed by atoms with Crippen LogP contribution in [0.1, 0.15) is 20.3 Å². The second-order valence-corrected chi connectivity index (χ2v) is 4.52. The maximum atomic E-state index is 11.3. The quantitative estimate of drug-likeness (QED) is 0.524. The largest absolute Gasteiger partial charge is 0.313 e. The number of carbonyl (C=O) groups excluding carboxylic acids is 1. The lowest BCUT2D eigenvalue weighted by Gasteiger charge is -2.22. The first-order valence-electron chi connectivity index (χ1n) is 3.69. The van der Waals surface area contributed by atoms with Crippen molar-refractivity contribution < 1.29 is 4.79 Å². The molecule has 0 aromatic carbocycles. The van der Waals surface area contributed by atoms with Crippen molar-refractivity contribution in [2.45, 2.75) is 30.2 Å². The van der Waals surface area contributed by atoms with Crippen LogP contribution >= 0.6 is 22.6 Å². The number of alkyl halides is 1. The number of halogens is 1. The van der Waals surface area contributed by atoms with Crippen LogP contribution in [0.5, 0.6) is 0 Å². The minimum atomic E-state index is 0.212. The Morgan fingerprint density at radius 2 is 2.27 bits per heavy atom. The van der Waals surface area contributed by atoms with E-state index in [-0.39, 0.29) is 11.9 Å². The summed E-state index contributed by atoms with van der Waals surface area (Å²) in [6.45, 7) is 7.91. The zero-order valence-electron chi connectivity index (χ0n) is 6.80. The van der Waals surface area contributed by atoms with Crippen molar-refractivity contribution >= 4 is 28.5 Å². The van der Waals surface area contributed by atoms with Gasteiger partial charge in [-0.3, -0.25) is 4.79 Å². The highest BCUT2D eigenvalue weighted by atomic mass is 127. The van der Waals surface area contributed by atoms with Gasteiger partial charge in [0.05, 0.1) is 3.92 Å². The number of likely N-dealkylation sites (tertiary alicyclic amines) is 1. The lowest BCUT2D eigenvalue weighted by molar-refractivity contribution is -0.127. The maximum absolute atomic E-state index is 11.3. The van der Waals surface area contributed by atoms with Gasteiger partial charge in [-0.15, -0.1) is 0 Å². The van der Waals surface area contributed by atoms with Crippen LogP contribution in [-0.2, 0) is 4.79 Å². The van der Waals surface area contributed by atoms with Crippen LogP contribution in [0.3, 0.4) is 0 Å². The molecule has 0 spiro atoms. The predicted octanol–water partition coefficient (Wildman–Crippen LogP) is 1.94. The number of hydrogen-bond acceptors (Lipinski definition) is 1. The topological polar surface area (TPSA) is 20.3 Å². The van der Waals surface area contributed by atoms with Gasteiger partial charge in [-0.05, 0) is 13.8 Å². The fraction of sp³-hybridized carbons (Fsp3) is 0.625. The Balaban J connectivity index is 2.80. The molecule has 62 valence electrons. The fourth-order valence-electron chi connectivity index (χ4n) is 1.30. The molecule has 0 bridgehead atoms. The zero-order chi connectivity index (χ0) is 8.59. The smallest absolute Gasteiger partial charge is 0.228 e. The van der Waals surface area contributed by atoms with Crippen molar-refractivity contribution in [2.24, 2.45) is 0 Å². The van der Waals surface area contributed by atoms with Crippen LogP contribution in [0.2, 0.25) is 0 Å². The van der Waals surface area contributed by atoms with Crippen LogP contribution in [0.15, 0.2) is 12.3 Å². The number of amides is 1. The van der Waals surface area contributed by atoms with E-state index in [9.17, 15) is 4.79 Å². The van der Waals surface area contributed by atoms with E-state index in [0.29, 0.717) is 10.3 Å². The average Bonchev–Trinajstić information content (AvgIpc) is 2.07. The Kier molecular flexibility index (Phi) is 2.57. The monoisotopic (exact) mass is 265 g/mol. The maximum Gasteiger partial charge on any atom is 0.228 e. The minimum Gasteiger partial charge on any atom is -0.313 e. The number of nitrogens with zero attached hydrogens (tertiary/aromatic N) is 1. The molecule has 1 rings (SSSR count). The van der Waals surface area contributed by atoms with Gasteiger partial charge in [0.2, 0.25) is 5.91 Å². The van der Waals surface area contributed by atoms with Gasteiger partial charge >= 0.3 is 0 Å². The Bertz CT molecular complexity index is 200. The van der Waals surface area contributed by atoms with Gasteiger partial charge in [0.1, 0.15) is 0 Å². The molecule has 2 nitrogen and oxygen atoms in total. The lowest BCUT2D eigenvalue weighted by Crippen LogP contribution is -2.30. The van der Waals surface area contributed by atoms with E-state index in [0.717, 1.165) is 5.70 Å². The summed E-state index contributed by atoms with van der Waals surface area (Å²) in [4.78, 5) is 13.1. The Morgan fingerprint density at radius 3 is 2.45 bits per heavy atom. The van der Waals surface area contributed by atoms with Gasteiger partial charge in [0.15, 0.2) is 0 Å². The summed E-state index contributed by atoms with van der Waals surface area (Å²) in [5.74, 6) is 0.212. The summed E-state index contributed by atoms with van der Waals surface area (Å²) < 4.78 is 0.308. The molecule has 3 heteroatoms. The van der Waals surface area contributed by atoms with Crippen molar-refractivity contribution in [3.63, 3.8) is 0 Å². The molecule has 1 heterocycles. The average molecular weight is 265 g/mol. The number of hydrogen-bond donors (Lipinski definition) is 0. The van der Waals surface area contributed by atoms with Gasteiger partial charge in [0.25, 0.3) is 0 Å². The molecule has 1 aliphatic heterocycles. The Hall–Kier alpha value is -0.0600. The summed E-state index contributed by atoms with van der Waals surface area (Å²) >= 11 is 2.26. The normalized spacial score (nSPS) is 25.5. The van der Waals surface area contributed by atoms with Gasteiger partial charge in [0, 0.05) is 18.2 Å². The van der Waals surface area contributed by atoms with Crippen molar-refractivity contribution in [3.8, 4) is 0 Å². The number of allylic oxidation sites excluding steroid dienone is 1. The van der Waals surface area contributed by atoms with Crippen LogP contribution < -0.4 is 0 Å². The van der Waals surface area contributed by atoms with Gasteiger partial charge in [-0.1, -0.05) is 29.2 Å². The third-order valence-electron chi connectivity index (χ3n) is 1.81. The van der Waals surface area contributed by atoms with Gasteiger partial charge in [-0.2, -0.15) is 0 Å². The molecule has 11 heavy (non-hydrogen) atoms. The van der Waals surface area contributed by atoms with Crippen molar-refractivity contribution in [1.82, 2.24) is 4.90 Å². The highest BCUT2D eigenvalue weighted by molar-refractivity contribution is 14.1. The molecule has 0 radical (unpaired) electrons. The molecule has 1 aliphatic rings. The van der Waals surface area contributed by atoms with Crippen LogP contribution in [0.4, 0.5) is 0 Å². The highest BCUT2D eigenvalue weighted by Crippen LogP contribution is 2.29. The first kappa shape index (κ1) is 9.03. The first-order valence-corrected chi connectivity index (χ1v) is 4.93. The fourth-order valence-corrected chi connectivity index (χ4v) is 1.98. The minimum absolute atomic E-state index is 0.212. The Labute approximate surface area is 80.8 Å². The standard InChI is InChI=1S/C8H12INO/c1-5(2)10-6(3)7(9)4-8(10)11/h5,7H,3-4H2,1-2H3. The third kappa shape index (κ3) is 1.58. The van der Waals surface area contributed by atoms with Crippen LogP contribution in [-0.4, -0.2) is 20.8 Å². The van der Waals surface area contributed by atoms with Crippen LogP contribution in [0, 0.1) is 0 Å². The molecule has 1 saturated heterocycles. The van der Waals surface area contributed by atoms with E-state index < -0.39 is 0 Å². The molecule has 0 N–H and O–H groups in total. The van der Waals surface area contributed by atoms with Crippen molar-refractivity contribution in [3.05, 3.63) is 12.3 Å². The van der Waals surface area contributed by atoms with Crippen LogP contribution in [0.25, 0.3) is 0 Å². The second kappa shape index (κ2) is 3.13. The second-order valence-electron chi connectivity index (χ2n) is 3.02. The molecular weight excluding hydrogens is 253 g/mol. The first-order chi connectivity index (χ1) is 5.04. The molecule has 1 unspecified atom stereocenters.